The molecule has 1 unspecified atom stereocenters. The number of H-pyrrole nitrogens is 1. The SMILES string of the molecule is CNC(c1cncc(OC)c1)c1cn[nH]n1. The summed E-state index contributed by atoms with van der Waals surface area (Å²) in [6.07, 6.45) is 5.12. The highest BCUT2D eigenvalue weighted by atomic mass is 16.5. The number of nitrogens with zero attached hydrogens (tertiary/aromatic N) is 3. The van der Waals surface area contributed by atoms with Gasteiger partial charge in [-0.1, -0.05) is 0 Å². The van der Waals surface area contributed by atoms with E-state index in [4.69, 9.17) is 4.74 Å². The molecular formula is C10H13N5O. The molecule has 0 amide bonds. The predicted octanol–water partition coefficient (Wildman–Crippen LogP) is 0.517. The van der Waals surface area contributed by atoms with Gasteiger partial charge in [0.15, 0.2) is 0 Å². The molecule has 2 rings (SSSR count). The van der Waals surface area contributed by atoms with E-state index in [1.807, 2.05) is 13.1 Å². The molecule has 0 fully saturated rings. The summed E-state index contributed by atoms with van der Waals surface area (Å²) in [5, 5.41) is 13.6. The Kier molecular flexibility index (Phi) is 3.11. The van der Waals surface area contributed by atoms with Crippen LogP contribution >= 0.6 is 0 Å². The maximum Gasteiger partial charge on any atom is 0.137 e. The second kappa shape index (κ2) is 4.71. The highest BCUT2D eigenvalue weighted by molar-refractivity contribution is 5.30. The van der Waals surface area contributed by atoms with E-state index >= 15 is 0 Å². The lowest BCUT2D eigenvalue weighted by molar-refractivity contribution is 0.411. The van der Waals surface area contributed by atoms with Gasteiger partial charge in [0.25, 0.3) is 0 Å². The smallest absolute Gasteiger partial charge is 0.137 e. The minimum atomic E-state index is -0.0404. The third-order valence-corrected chi connectivity index (χ3v) is 2.32. The Bertz CT molecular complexity index is 442. The Labute approximate surface area is 93.1 Å². The number of hydrogen-bond acceptors (Lipinski definition) is 5. The second-order valence-electron chi connectivity index (χ2n) is 3.27. The molecule has 0 aliphatic carbocycles. The third kappa shape index (κ3) is 2.01. The molecule has 84 valence electrons. The molecule has 1 atom stereocenters. The Morgan fingerprint density at radius 1 is 1.38 bits per heavy atom. The molecule has 0 bridgehead atoms. The van der Waals surface area contributed by atoms with Gasteiger partial charge in [0.1, 0.15) is 11.4 Å². The van der Waals surface area contributed by atoms with Crippen molar-refractivity contribution in [3.8, 4) is 5.75 Å². The summed E-state index contributed by atoms with van der Waals surface area (Å²) < 4.78 is 5.13. The van der Waals surface area contributed by atoms with Crippen LogP contribution in [0.15, 0.2) is 24.7 Å². The standard InChI is InChI=1S/C10H13N5O/c1-11-10(9-6-13-15-14-9)7-3-8(16-2)5-12-4-7/h3-6,10-11H,1-2H3,(H,13,14,15). The van der Waals surface area contributed by atoms with Crippen molar-refractivity contribution < 1.29 is 4.74 Å². The zero-order valence-electron chi connectivity index (χ0n) is 9.14. The number of aromatic amines is 1. The normalized spacial score (nSPS) is 12.4. The first-order valence-electron chi connectivity index (χ1n) is 4.87. The lowest BCUT2D eigenvalue weighted by Crippen LogP contribution is -2.18. The van der Waals surface area contributed by atoms with Crippen LogP contribution in [-0.2, 0) is 0 Å². The van der Waals surface area contributed by atoms with Crippen molar-refractivity contribution in [3.05, 3.63) is 35.9 Å². The summed E-state index contributed by atoms with van der Waals surface area (Å²) in [6, 6.07) is 1.88. The minimum absolute atomic E-state index is 0.0404. The molecule has 0 aliphatic heterocycles. The van der Waals surface area contributed by atoms with Crippen molar-refractivity contribution in [1.82, 2.24) is 25.7 Å². The quantitative estimate of drug-likeness (QED) is 0.784. The second-order valence-corrected chi connectivity index (χ2v) is 3.27. The zero-order valence-corrected chi connectivity index (χ0v) is 9.14. The van der Waals surface area contributed by atoms with Crippen LogP contribution in [0.5, 0.6) is 5.75 Å². The largest absolute Gasteiger partial charge is 0.495 e. The molecule has 0 saturated heterocycles. The van der Waals surface area contributed by atoms with Crippen LogP contribution in [0, 0.1) is 0 Å². The van der Waals surface area contributed by atoms with Gasteiger partial charge < -0.3 is 10.1 Å². The van der Waals surface area contributed by atoms with E-state index in [0.717, 1.165) is 17.0 Å². The molecule has 0 aromatic carbocycles. The molecule has 0 spiro atoms. The van der Waals surface area contributed by atoms with Crippen molar-refractivity contribution in [2.45, 2.75) is 6.04 Å². The molecule has 0 aliphatic rings. The molecule has 2 aromatic heterocycles. The highest BCUT2D eigenvalue weighted by Gasteiger charge is 2.15. The average Bonchev–Trinajstić information content (AvgIpc) is 2.84. The molecule has 2 aromatic rings. The molecule has 2 heterocycles. The molecular weight excluding hydrogens is 206 g/mol. The Hall–Kier alpha value is -1.95. The summed E-state index contributed by atoms with van der Waals surface area (Å²) in [6.45, 7) is 0. The van der Waals surface area contributed by atoms with E-state index in [9.17, 15) is 0 Å². The molecule has 0 radical (unpaired) electrons. The number of aromatic nitrogens is 4. The van der Waals surface area contributed by atoms with Crippen LogP contribution < -0.4 is 10.1 Å². The van der Waals surface area contributed by atoms with Gasteiger partial charge >= 0.3 is 0 Å². The maximum absolute atomic E-state index is 5.13. The number of nitrogens with one attached hydrogen (secondary N) is 2. The minimum Gasteiger partial charge on any atom is -0.495 e. The molecule has 16 heavy (non-hydrogen) atoms. The zero-order chi connectivity index (χ0) is 11.4. The molecule has 6 heteroatoms. The number of ether oxygens (including phenoxy) is 1. The van der Waals surface area contributed by atoms with Gasteiger partial charge in [-0.25, -0.2) is 0 Å². The van der Waals surface area contributed by atoms with E-state index in [-0.39, 0.29) is 6.04 Å². The first-order chi connectivity index (χ1) is 7.85. The lowest BCUT2D eigenvalue weighted by atomic mass is 10.1. The van der Waals surface area contributed by atoms with Crippen LogP contribution in [0.2, 0.25) is 0 Å². The fraction of sp³-hybridized carbons (Fsp3) is 0.300. The van der Waals surface area contributed by atoms with E-state index in [2.05, 4.69) is 25.7 Å². The van der Waals surface area contributed by atoms with E-state index in [1.54, 1.807) is 25.7 Å². The van der Waals surface area contributed by atoms with E-state index in [1.165, 1.54) is 0 Å². The Morgan fingerprint density at radius 3 is 2.88 bits per heavy atom. The number of methoxy groups -OCH3 is 1. The first-order valence-corrected chi connectivity index (χ1v) is 4.87. The van der Waals surface area contributed by atoms with Crippen molar-refractivity contribution in [2.24, 2.45) is 0 Å². The van der Waals surface area contributed by atoms with E-state index < -0.39 is 0 Å². The highest BCUT2D eigenvalue weighted by Crippen LogP contribution is 2.21. The first kappa shape index (κ1) is 10.6. The van der Waals surface area contributed by atoms with Gasteiger partial charge in [0, 0.05) is 6.20 Å². The third-order valence-electron chi connectivity index (χ3n) is 2.32. The van der Waals surface area contributed by atoms with Crippen LogP contribution in [0.1, 0.15) is 17.3 Å². The Morgan fingerprint density at radius 2 is 2.25 bits per heavy atom. The van der Waals surface area contributed by atoms with Crippen LogP contribution in [0.25, 0.3) is 0 Å². The molecule has 0 saturated carbocycles. The van der Waals surface area contributed by atoms with Crippen LogP contribution in [0.4, 0.5) is 0 Å². The lowest BCUT2D eigenvalue weighted by Gasteiger charge is -2.13. The van der Waals surface area contributed by atoms with Crippen LogP contribution in [0.3, 0.4) is 0 Å². The summed E-state index contributed by atoms with van der Waals surface area (Å²) in [7, 11) is 3.48. The fourth-order valence-corrected chi connectivity index (χ4v) is 1.54. The number of hydrogen-bond donors (Lipinski definition) is 2. The van der Waals surface area contributed by atoms with E-state index in [0.29, 0.717) is 0 Å². The molecule has 2 N–H and O–H groups in total. The summed E-state index contributed by atoms with van der Waals surface area (Å²) >= 11 is 0. The summed E-state index contributed by atoms with van der Waals surface area (Å²) in [5.74, 6) is 0.723. The van der Waals surface area contributed by atoms with Crippen molar-refractivity contribution in [3.63, 3.8) is 0 Å². The van der Waals surface area contributed by atoms with Gasteiger partial charge in [-0.15, -0.1) is 0 Å². The topological polar surface area (TPSA) is 75.7 Å². The Balaban J connectivity index is 2.33. The van der Waals surface area contributed by atoms with Crippen molar-refractivity contribution >= 4 is 0 Å². The van der Waals surface area contributed by atoms with Gasteiger partial charge in [-0.05, 0) is 18.7 Å². The average molecular weight is 219 g/mol. The maximum atomic E-state index is 5.13. The monoisotopic (exact) mass is 219 g/mol. The molecule has 6 nitrogen and oxygen atoms in total. The summed E-state index contributed by atoms with van der Waals surface area (Å²) in [5.41, 5.74) is 1.80. The van der Waals surface area contributed by atoms with Crippen molar-refractivity contribution in [2.75, 3.05) is 14.2 Å². The van der Waals surface area contributed by atoms with Gasteiger partial charge in [-0.3, -0.25) is 4.98 Å². The van der Waals surface area contributed by atoms with Gasteiger partial charge in [0.2, 0.25) is 0 Å². The predicted molar refractivity (Wildman–Crippen MR) is 58.1 cm³/mol. The van der Waals surface area contributed by atoms with Crippen LogP contribution in [-0.4, -0.2) is 34.6 Å². The fourth-order valence-electron chi connectivity index (χ4n) is 1.54. The van der Waals surface area contributed by atoms with Crippen molar-refractivity contribution in [1.29, 1.82) is 0 Å². The van der Waals surface area contributed by atoms with Gasteiger partial charge in [0.05, 0.1) is 25.5 Å². The number of pyridine rings is 1. The summed E-state index contributed by atoms with van der Waals surface area (Å²) in [4.78, 5) is 4.11. The number of rotatable bonds is 4. The van der Waals surface area contributed by atoms with Gasteiger partial charge in [-0.2, -0.15) is 15.4 Å².